The molecule has 0 radical (unpaired) electrons. The van der Waals surface area contributed by atoms with Crippen molar-refractivity contribution in [3.63, 3.8) is 0 Å². The molecule has 0 atom stereocenters. The molecule has 0 saturated carbocycles. The van der Waals surface area contributed by atoms with Crippen molar-refractivity contribution >= 4 is 16.6 Å². The predicted octanol–water partition coefficient (Wildman–Crippen LogP) is 3.71. The molecule has 1 aromatic carbocycles. The van der Waals surface area contributed by atoms with Gasteiger partial charge in [0.25, 0.3) is 5.56 Å². The Morgan fingerprint density at radius 1 is 1.03 bits per heavy atom. The Hall–Kier alpha value is -3.20. The second-order valence-corrected chi connectivity index (χ2v) is 8.23. The van der Waals surface area contributed by atoms with Crippen LogP contribution in [0.5, 0.6) is 0 Å². The number of halogens is 3. The van der Waals surface area contributed by atoms with Gasteiger partial charge in [-0.2, -0.15) is 0 Å². The number of pyridine rings is 1. The third-order valence-corrected chi connectivity index (χ3v) is 5.93. The molecule has 1 aliphatic heterocycles. The number of piperidine rings is 1. The molecule has 31 heavy (non-hydrogen) atoms. The van der Waals surface area contributed by atoms with E-state index in [2.05, 4.69) is 15.0 Å². The van der Waals surface area contributed by atoms with E-state index in [4.69, 9.17) is 0 Å². The predicted molar refractivity (Wildman–Crippen MR) is 111 cm³/mol. The summed E-state index contributed by atoms with van der Waals surface area (Å²) in [6.07, 6.45) is 3.61. The summed E-state index contributed by atoms with van der Waals surface area (Å²) < 4.78 is 46.4. The van der Waals surface area contributed by atoms with Crippen LogP contribution >= 0.6 is 0 Å². The SMILES string of the molecule is Cc1cn2cc(-c3cc(F)c4nc(C5(F)CCN(C)CC5)[nH]c(=O)c4c3)cc(F)c2n1. The van der Waals surface area contributed by atoms with Crippen LogP contribution in [0.1, 0.15) is 24.4 Å². The number of nitrogens with zero attached hydrogens (tertiary/aromatic N) is 4. The van der Waals surface area contributed by atoms with Gasteiger partial charge in [0, 0.05) is 43.9 Å². The molecule has 160 valence electrons. The van der Waals surface area contributed by atoms with Crippen LogP contribution in [0.15, 0.2) is 35.4 Å². The maximum Gasteiger partial charge on any atom is 0.258 e. The molecule has 4 aromatic rings. The zero-order valence-corrected chi connectivity index (χ0v) is 17.0. The van der Waals surface area contributed by atoms with Crippen LogP contribution in [0.2, 0.25) is 0 Å². The first-order valence-electron chi connectivity index (χ1n) is 10.0. The van der Waals surface area contributed by atoms with Gasteiger partial charge < -0.3 is 14.3 Å². The lowest BCUT2D eigenvalue weighted by Gasteiger charge is -2.33. The maximum absolute atomic E-state index is 15.4. The van der Waals surface area contributed by atoms with Gasteiger partial charge in [0.05, 0.1) is 11.1 Å². The Bertz CT molecular complexity index is 1390. The van der Waals surface area contributed by atoms with Crippen LogP contribution in [0.4, 0.5) is 13.2 Å². The zero-order valence-electron chi connectivity index (χ0n) is 17.0. The van der Waals surface area contributed by atoms with Gasteiger partial charge >= 0.3 is 0 Å². The number of fused-ring (bicyclic) bond motifs is 2. The van der Waals surface area contributed by atoms with E-state index in [1.165, 1.54) is 22.6 Å². The number of benzene rings is 1. The standard InChI is InChI=1S/C22H20F3N5O/c1-12-10-30-11-14(9-17(24)19(30)26-12)13-7-15-18(16(23)8-13)27-21(28-20(15)31)22(25)3-5-29(2)6-4-22/h7-11H,3-6H2,1-2H3,(H,27,28,31). The molecular formula is C22H20F3N5O. The second kappa shape index (κ2) is 6.91. The molecule has 1 aliphatic rings. The zero-order chi connectivity index (χ0) is 21.9. The van der Waals surface area contributed by atoms with Gasteiger partial charge in [-0.25, -0.2) is 23.1 Å². The van der Waals surface area contributed by atoms with Crippen LogP contribution in [-0.4, -0.2) is 44.4 Å². The lowest BCUT2D eigenvalue weighted by molar-refractivity contribution is 0.0591. The molecule has 9 heteroatoms. The molecule has 0 unspecified atom stereocenters. The molecule has 5 rings (SSSR count). The number of imidazole rings is 1. The summed E-state index contributed by atoms with van der Waals surface area (Å²) >= 11 is 0. The van der Waals surface area contributed by atoms with Gasteiger partial charge in [0.2, 0.25) is 0 Å². The first-order valence-corrected chi connectivity index (χ1v) is 10.0. The van der Waals surface area contributed by atoms with Crippen LogP contribution in [0, 0.1) is 18.6 Å². The average Bonchev–Trinajstić information content (AvgIpc) is 3.11. The van der Waals surface area contributed by atoms with Crippen molar-refractivity contribution in [2.75, 3.05) is 20.1 Å². The van der Waals surface area contributed by atoms with E-state index in [9.17, 15) is 9.18 Å². The van der Waals surface area contributed by atoms with E-state index in [0.29, 0.717) is 29.9 Å². The van der Waals surface area contributed by atoms with Crippen molar-refractivity contribution in [1.82, 2.24) is 24.3 Å². The van der Waals surface area contributed by atoms with Crippen molar-refractivity contribution in [1.29, 1.82) is 0 Å². The summed E-state index contributed by atoms with van der Waals surface area (Å²) in [5.41, 5.74) is -1.13. The highest BCUT2D eigenvalue weighted by Crippen LogP contribution is 2.35. The summed E-state index contributed by atoms with van der Waals surface area (Å²) in [5, 5.41) is -0.0161. The number of nitrogens with one attached hydrogen (secondary N) is 1. The summed E-state index contributed by atoms with van der Waals surface area (Å²) in [4.78, 5) is 25.5. The molecule has 3 aromatic heterocycles. The highest BCUT2D eigenvalue weighted by Gasteiger charge is 2.38. The van der Waals surface area contributed by atoms with Crippen LogP contribution in [-0.2, 0) is 5.67 Å². The smallest absolute Gasteiger partial charge is 0.258 e. The molecule has 4 heterocycles. The molecule has 1 saturated heterocycles. The van der Waals surface area contributed by atoms with Gasteiger partial charge in [-0.15, -0.1) is 0 Å². The first-order chi connectivity index (χ1) is 14.7. The highest BCUT2D eigenvalue weighted by atomic mass is 19.1. The average molecular weight is 427 g/mol. The van der Waals surface area contributed by atoms with Crippen molar-refractivity contribution < 1.29 is 13.2 Å². The lowest BCUT2D eigenvalue weighted by atomic mass is 9.92. The molecule has 0 aliphatic carbocycles. The van der Waals surface area contributed by atoms with Crippen LogP contribution in [0.3, 0.4) is 0 Å². The number of hydrogen-bond donors (Lipinski definition) is 1. The molecule has 6 nitrogen and oxygen atoms in total. The highest BCUT2D eigenvalue weighted by molar-refractivity contribution is 5.84. The Morgan fingerprint density at radius 3 is 2.48 bits per heavy atom. The van der Waals surface area contributed by atoms with Gasteiger partial charge in [0.1, 0.15) is 17.2 Å². The minimum atomic E-state index is -1.81. The number of likely N-dealkylation sites (tertiary alicyclic amines) is 1. The van der Waals surface area contributed by atoms with Gasteiger partial charge in [-0.1, -0.05) is 0 Å². The summed E-state index contributed by atoms with van der Waals surface area (Å²) in [6.45, 7) is 2.77. The van der Waals surface area contributed by atoms with E-state index in [1.54, 1.807) is 19.3 Å². The maximum atomic E-state index is 15.4. The number of alkyl halides is 1. The molecular weight excluding hydrogens is 407 g/mol. The van der Waals surface area contributed by atoms with E-state index in [1.807, 2.05) is 11.9 Å². The number of H-pyrrole nitrogens is 1. The minimum Gasteiger partial charge on any atom is -0.307 e. The number of rotatable bonds is 2. The van der Waals surface area contributed by atoms with Crippen molar-refractivity contribution in [2.24, 2.45) is 0 Å². The van der Waals surface area contributed by atoms with Crippen molar-refractivity contribution in [2.45, 2.75) is 25.4 Å². The van der Waals surface area contributed by atoms with Crippen LogP contribution < -0.4 is 5.56 Å². The van der Waals surface area contributed by atoms with E-state index < -0.39 is 22.9 Å². The topological polar surface area (TPSA) is 66.3 Å². The largest absolute Gasteiger partial charge is 0.307 e. The summed E-state index contributed by atoms with van der Waals surface area (Å²) in [6, 6.07) is 3.87. The van der Waals surface area contributed by atoms with Gasteiger partial charge in [-0.05, 0) is 37.7 Å². The Morgan fingerprint density at radius 2 is 1.74 bits per heavy atom. The molecule has 1 N–H and O–H groups in total. The first kappa shape index (κ1) is 19.7. The van der Waals surface area contributed by atoms with Crippen LogP contribution in [0.25, 0.3) is 27.7 Å². The number of aromatic amines is 1. The molecule has 0 spiro atoms. The Kier molecular flexibility index (Phi) is 4.40. The Labute approximate surface area is 175 Å². The fourth-order valence-electron chi connectivity index (χ4n) is 4.13. The molecule has 0 amide bonds. The fourth-order valence-corrected chi connectivity index (χ4v) is 4.13. The summed E-state index contributed by atoms with van der Waals surface area (Å²) in [5.74, 6) is -1.47. The lowest BCUT2D eigenvalue weighted by Crippen LogP contribution is -2.40. The van der Waals surface area contributed by atoms with Crippen molar-refractivity contribution in [3.8, 4) is 11.1 Å². The fraction of sp³-hybridized carbons (Fsp3) is 0.318. The number of aryl methyl sites for hydroxylation is 1. The van der Waals surface area contributed by atoms with E-state index in [-0.39, 0.29) is 35.2 Å². The van der Waals surface area contributed by atoms with E-state index in [0.717, 1.165) is 0 Å². The third-order valence-electron chi connectivity index (χ3n) is 5.93. The quantitative estimate of drug-likeness (QED) is 0.530. The van der Waals surface area contributed by atoms with Gasteiger partial charge in [0.15, 0.2) is 17.1 Å². The Balaban J connectivity index is 1.64. The number of aromatic nitrogens is 4. The van der Waals surface area contributed by atoms with Gasteiger partial charge in [-0.3, -0.25) is 4.79 Å². The summed E-state index contributed by atoms with van der Waals surface area (Å²) in [7, 11) is 1.89. The number of hydrogen-bond acceptors (Lipinski definition) is 4. The second-order valence-electron chi connectivity index (χ2n) is 8.23. The normalized spacial score (nSPS) is 16.9. The van der Waals surface area contributed by atoms with Crippen molar-refractivity contribution in [3.05, 3.63) is 64.1 Å². The third kappa shape index (κ3) is 3.29. The molecule has 0 bridgehead atoms. The van der Waals surface area contributed by atoms with E-state index >= 15 is 8.78 Å². The molecule has 1 fully saturated rings. The monoisotopic (exact) mass is 427 g/mol. The minimum absolute atomic E-state index is 0.0161.